The Labute approximate surface area is 171 Å². The molecule has 9 heteroatoms. The number of piperazine rings is 1. The number of carbonyl (C=O) groups excluding carboxylic acids is 3. The van der Waals surface area contributed by atoms with Crippen molar-refractivity contribution in [3.05, 3.63) is 53.1 Å². The van der Waals surface area contributed by atoms with E-state index in [0.29, 0.717) is 22.2 Å². The number of hydrogen-bond acceptors (Lipinski definition) is 5. The van der Waals surface area contributed by atoms with Gasteiger partial charge in [0.2, 0.25) is 12.7 Å². The highest BCUT2D eigenvalue weighted by molar-refractivity contribution is 6.41. The standard InChI is InChI=1S/C20H18ClN3O5/c21-15-4-2-1-3-13(15)10-22-18(25)11-23-7-8-24(20(27)19(23)26)14-5-6-16-17(9-14)29-12-28-16/h1-6,9H,7-8,10-12H2,(H,22,25). The molecule has 2 heterocycles. The van der Waals surface area contributed by atoms with Crippen molar-refractivity contribution in [2.45, 2.75) is 6.54 Å². The Bertz CT molecular complexity index is 980. The topological polar surface area (TPSA) is 88.2 Å². The van der Waals surface area contributed by atoms with Crippen molar-refractivity contribution in [3.63, 3.8) is 0 Å². The first-order chi connectivity index (χ1) is 14.0. The van der Waals surface area contributed by atoms with Gasteiger partial charge in [-0.2, -0.15) is 0 Å². The Morgan fingerprint density at radius 3 is 2.66 bits per heavy atom. The van der Waals surface area contributed by atoms with Crippen LogP contribution in [0.15, 0.2) is 42.5 Å². The molecule has 1 fully saturated rings. The second kappa shape index (κ2) is 8.00. The lowest BCUT2D eigenvalue weighted by Crippen LogP contribution is -2.56. The second-order valence-electron chi connectivity index (χ2n) is 6.59. The Morgan fingerprint density at radius 1 is 1.03 bits per heavy atom. The third kappa shape index (κ3) is 3.97. The summed E-state index contributed by atoms with van der Waals surface area (Å²) in [6.45, 7) is 0.713. The molecule has 0 bridgehead atoms. The Morgan fingerprint density at radius 2 is 1.83 bits per heavy atom. The quantitative estimate of drug-likeness (QED) is 0.749. The van der Waals surface area contributed by atoms with Gasteiger partial charge in [0.15, 0.2) is 11.5 Å². The fraction of sp³-hybridized carbons (Fsp3) is 0.250. The van der Waals surface area contributed by atoms with E-state index in [0.717, 1.165) is 5.56 Å². The summed E-state index contributed by atoms with van der Waals surface area (Å²) in [7, 11) is 0. The number of nitrogens with one attached hydrogen (secondary N) is 1. The van der Waals surface area contributed by atoms with Gasteiger partial charge in [0.05, 0.1) is 0 Å². The fourth-order valence-electron chi connectivity index (χ4n) is 3.19. The van der Waals surface area contributed by atoms with Gasteiger partial charge < -0.3 is 24.6 Å². The van der Waals surface area contributed by atoms with Gasteiger partial charge in [-0.25, -0.2) is 0 Å². The zero-order chi connectivity index (χ0) is 20.4. The van der Waals surface area contributed by atoms with Crippen molar-refractivity contribution in [1.29, 1.82) is 0 Å². The van der Waals surface area contributed by atoms with Crippen LogP contribution in [0.1, 0.15) is 5.56 Å². The molecule has 2 aromatic carbocycles. The van der Waals surface area contributed by atoms with Crippen molar-refractivity contribution in [2.24, 2.45) is 0 Å². The average molecular weight is 416 g/mol. The number of rotatable bonds is 5. The summed E-state index contributed by atoms with van der Waals surface area (Å²) in [5.41, 5.74) is 1.33. The van der Waals surface area contributed by atoms with E-state index in [1.54, 1.807) is 36.4 Å². The van der Waals surface area contributed by atoms with Crippen LogP contribution in [-0.2, 0) is 20.9 Å². The third-order valence-corrected chi connectivity index (χ3v) is 5.11. The molecular formula is C20H18ClN3O5. The highest BCUT2D eigenvalue weighted by atomic mass is 35.5. The number of anilines is 1. The molecule has 2 aromatic rings. The first kappa shape index (κ1) is 19.1. The maximum atomic E-state index is 12.6. The number of amides is 3. The Balaban J connectivity index is 1.35. The highest BCUT2D eigenvalue weighted by Gasteiger charge is 2.34. The minimum absolute atomic E-state index is 0.128. The van der Waals surface area contributed by atoms with Gasteiger partial charge in [-0.3, -0.25) is 14.4 Å². The van der Waals surface area contributed by atoms with E-state index < -0.39 is 11.8 Å². The monoisotopic (exact) mass is 415 g/mol. The van der Waals surface area contributed by atoms with Crippen molar-refractivity contribution in [1.82, 2.24) is 10.2 Å². The zero-order valence-electron chi connectivity index (χ0n) is 15.4. The van der Waals surface area contributed by atoms with Crippen LogP contribution >= 0.6 is 11.6 Å². The molecule has 0 radical (unpaired) electrons. The SMILES string of the molecule is O=C(CN1CCN(c2ccc3c(c2)OCO3)C(=O)C1=O)NCc1ccccc1Cl. The molecule has 1 saturated heterocycles. The van der Waals surface area contributed by atoms with Crippen molar-refractivity contribution in [3.8, 4) is 11.5 Å². The number of ether oxygens (including phenoxy) is 2. The lowest BCUT2D eigenvalue weighted by atomic mass is 10.2. The number of halogens is 1. The molecule has 0 unspecified atom stereocenters. The number of fused-ring (bicyclic) bond motifs is 1. The van der Waals surface area contributed by atoms with E-state index in [2.05, 4.69) is 5.32 Å². The van der Waals surface area contributed by atoms with Gasteiger partial charge in [0.25, 0.3) is 0 Å². The summed E-state index contributed by atoms with van der Waals surface area (Å²) in [4.78, 5) is 39.9. The number of carbonyl (C=O) groups is 3. The molecule has 8 nitrogen and oxygen atoms in total. The van der Waals surface area contributed by atoms with Crippen LogP contribution in [0.3, 0.4) is 0 Å². The molecule has 0 spiro atoms. The molecule has 0 atom stereocenters. The first-order valence-corrected chi connectivity index (χ1v) is 9.41. The van der Waals surface area contributed by atoms with Gasteiger partial charge >= 0.3 is 11.8 Å². The molecule has 150 valence electrons. The third-order valence-electron chi connectivity index (χ3n) is 4.74. The van der Waals surface area contributed by atoms with Crippen LogP contribution < -0.4 is 19.7 Å². The van der Waals surface area contributed by atoms with Gasteiger partial charge in [-0.15, -0.1) is 0 Å². The summed E-state index contributed by atoms with van der Waals surface area (Å²) in [5, 5.41) is 3.27. The molecule has 0 saturated carbocycles. The van der Waals surface area contributed by atoms with Crippen molar-refractivity contribution < 1.29 is 23.9 Å². The van der Waals surface area contributed by atoms with Crippen molar-refractivity contribution in [2.75, 3.05) is 31.3 Å². The Kier molecular flexibility index (Phi) is 5.26. The molecule has 29 heavy (non-hydrogen) atoms. The van der Waals surface area contributed by atoms with E-state index in [9.17, 15) is 14.4 Å². The summed E-state index contributed by atoms with van der Waals surface area (Å²) < 4.78 is 10.6. The van der Waals surface area contributed by atoms with Gasteiger partial charge in [0, 0.05) is 36.4 Å². The normalized spacial score (nSPS) is 15.6. The predicted octanol–water partition coefficient (Wildman–Crippen LogP) is 1.56. The molecule has 1 N–H and O–H groups in total. The van der Waals surface area contributed by atoms with E-state index in [-0.39, 0.29) is 38.9 Å². The lowest BCUT2D eigenvalue weighted by Gasteiger charge is -2.33. The van der Waals surface area contributed by atoms with E-state index in [1.165, 1.54) is 9.80 Å². The average Bonchev–Trinajstić information content (AvgIpc) is 3.19. The molecule has 3 amide bonds. The molecule has 0 aliphatic carbocycles. The highest BCUT2D eigenvalue weighted by Crippen LogP contribution is 2.35. The van der Waals surface area contributed by atoms with Crippen LogP contribution in [0, 0.1) is 0 Å². The maximum Gasteiger partial charge on any atom is 0.316 e. The van der Waals surface area contributed by atoms with Gasteiger partial charge in [0.1, 0.15) is 6.54 Å². The Hall–Kier alpha value is -3.26. The predicted molar refractivity (Wildman–Crippen MR) is 105 cm³/mol. The molecular weight excluding hydrogens is 398 g/mol. The second-order valence-corrected chi connectivity index (χ2v) is 7.00. The molecule has 2 aliphatic heterocycles. The number of benzene rings is 2. The minimum atomic E-state index is -0.721. The van der Waals surface area contributed by atoms with Gasteiger partial charge in [-0.05, 0) is 23.8 Å². The summed E-state index contributed by atoms with van der Waals surface area (Å²) in [5.74, 6) is -0.635. The van der Waals surface area contributed by atoms with Crippen molar-refractivity contribution >= 4 is 35.0 Å². The molecule has 2 aliphatic rings. The minimum Gasteiger partial charge on any atom is -0.454 e. The first-order valence-electron chi connectivity index (χ1n) is 9.03. The lowest BCUT2D eigenvalue weighted by molar-refractivity contribution is -0.147. The van der Waals surface area contributed by atoms with E-state index >= 15 is 0 Å². The zero-order valence-corrected chi connectivity index (χ0v) is 16.1. The number of hydrogen-bond donors (Lipinski definition) is 1. The van der Waals surface area contributed by atoms with Crippen LogP contribution in [0.25, 0.3) is 0 Å². The molecule has 0 aromatic heterocycles. The van der Waals surface area contributed by atoms with Crippen LogP contribution in [0.2, 0.25) is 5.02 Å². The van der Waals surface area contributed by atoms with Crippen LogP contribution in [-0.4, -0.2) is 49.0 Å². The molecule has 4 rings (SSSR count). The number of nitrogens with zero attached hydrogens (tertiary/aromatic N) is 2. The van der Waals surface area contributed by atoms with Gasteiger partial charge in [-0.1, -0.05) is 29.8 Å². The maximum absolute atomic E-state index is 12.6. The summed E-state index contributed by atoms with van der Waals surface area (Å²) >= 11 is 6.07. The van der Waals surface area contributed by atoms with Crippen LogP contribution in [0.5, 0.6) is 11.5 Å². The summed E-state index contributed by atoms with van der Waals surface area (Å²) in [6.07, 6.45) is 0. The fourth-order valence-corrected chi connectivity index (χ4v) is 3.39. The summed E-state index contributed by atoms with van der Waals surface area (Å²) in [6, 6.07) is 12.2. The smallest absolute Gasteiger partial charge is 0.316 e. The largest absolute Gasteiger partial charge is 0.454 e. The van der Waals surface area contributed by atoms with E-state index in [4.69, 9.17) is 21.1 Å². The van der Waals surface area contributed by atoms with E-state index in [1.807, 2.05) is 6.07 Å². The van der Waals surface area contributed by atoms with Crippen LogP contribution in [0.4, 0.5) is 5.69 Å².